The quantitative estimate of drug-likeness (QED) is 0.542. The molecule has 0 amide bonds. The van der Waals surface area contributed by atoms with Gasteiger partial charge in [-0.3, -0.25) is 0 Å². The molecule has 0 saturated carbocycles. The summed E-state index contributed by atoms with van der Waals surface area (Å²) in [5, 5.41) is 6.88. The standard InChI is InChI=1S/C23H31N3O3S/c1-5-24-22(25-15-17-10-12-18(13-11-17)16-30(4,27)28)26-20-14-23(2,3)29-21-9-7-6-8-19(20)21/h6-13,20H,5,14-16H2,1-4H3,(H2,24,25,26). The molecule has 0 aromatic heterocycles. The van der Waals surface area contributed by atoms with E-state index in [1.165, 1.54) is 6.26 Å². The average Bonchev–Trinajstić information content (AvgIpc) is 2.65. The number of guanidine groups is 1. The fraction of sp³-hybridized carbons (Fsp3) is 0.435. The lowest BCUT2D eigenvalue weighted by Crippen LogP contribution is -2.45. The van der Waals surface area contributed by atoms with E-state index in [1.807, 2.05) is 49.4 Å². The Hall–Kier alpha value is -2.54. The van der Waals surface area contributed by atoms with Crippen LogP contribution in [0.15, 0.2) is 53.5 Å². The third kappa shape index (κ3) is 6.23. The number of hydrogen-bond acceptors (Lipinski definition) is 4. The highest BCUT2D eigenvalue weighted by atomic mass is 32.2. The van der Waals surface area contributed by atoms with Crippen LogP contribution in [0.3, 0.4) is 0 Å². The van der Waals surface area contributed by atoms with Gasteiger partial charge in [-0.15, -0.1) is 0 Å². The van der Waals surface area contributed by atoms with Crippen LogP contribution in [0.2, 0.25) is 0 Å². The third-order valence-electron chi connectivity index (χ3n) is 4.90. The van der Waals surface area contributed by atoms with Crippen LogP contribution in [0.25, 0.3) is 0 Å². The van der Waals surface area contributed by atoms with E-state index in [0.717, 1.165) is 41.4 Å². The Balaban J connectivity index is 1.74. The molecule has 0 bridgehead atoms. The maximum Gasteiger partial charge on any atom is 0.192 e. The minimum Gasteiger partial charge on any atom is -0.487 e. The van der Waals surface area contributed by atoms with E-state index in [-0.39, 0.29) is 17.4 Å². The summed E-state index contributed by atoms with van der Waals surface area (Å²) in [7, 11) is -3.03. The molecule has 7 heteroatoms. The van der Waals surface area contributed by atoms with Gasteiger partial charge in [-0.2, -0.15) is 0 Å². The molecule has 0 saturated heterocycles. The molecule has 1 unspecified atom stereocenters. The Morgan fingerprint density at radius 1 is 1.13 bits per heavy atom. The normalized spacial score (nSPS) is 18.3. The second-order valence-electron chi connectivity index (χ2n) is 8.38. The second-order valence-corrected chi connectivity index (χ2v) is 10.5. The summed E-state index contributed by atoms with van der Waals surface area (Å²) < 4.78 is 29.0. The molecule has 1 aliphatic heterocycles. The van der Waals surface area contributed by atoms with E-state index in [4.69, 9.17) is 9.73 Å². The zero-order valence-electron chi connectivity index (χ0n) is 18.1. The molecule has 0 fully saturated rings. The number of benzene rings is 2. The van der Waals surface area contributed by atoms with Crippen LogP contribution >= 0.6 is 0 Å². The SMILES string of the molecule is CCNC(=NCc1ccc(CS(C)(=O)=O)cc1)NC1CC(C)(C)Oc2ccccc21. The number of hydrogen-bond donors (Lipinski definition) is 2. The van der Waals surface area contributed by atoms with Crippen molar-refractivity contribution in [2.45, 2.75) is 51.1 Å². The Bertz CT molecular complexity index is 999. The molecule has 162 valence electrons. The van der Waals surface area contributed by atoms with Gasteiger partial charge in [0, 0.05) is 24.8 Å². The van der Waals surface area contributed by atoms with E-state index >= 15 is 0 Å². The largest absolute Gasteiger partial charge is 0.487 e. The molecule has 6 nitrogen and oxygen atoms in total. The minimum absolute atomic E-state index is 0.0552. The summed E-state index contributed by atoms with van der Waals surface area (Å²) in [6.45, 7) is 7.49. The topological polar surface area (TPSA) is 79.8 Å². The molecule has 2 N–H and O–H groups in total. The summed E-state index contributed by atoms with van der Waals surface area (Å²) in [4.78, 5) is 4.74. The highest BCUT2D eigenvalue weighted by Crippen LogP contribution is 2.39. The second kappa shape index (κ2) is 9.08. The van der Waals surface area contributed by atoms with Crippen LogP contribution in [0.4, 0.5) is 0 Å². The van der Waals surface area contributed by atoms with Gasteiger partial charge in [-0.25, -0.2) is 13.4 Å². The van der Waals surface area contributed by atoms with E-state index in [2.05, 4.69) is 30.5 Å². The van der Waals surface area contributed by atoms with Gasteiger partial charge < -0.3 is 15.4 Å². The fourth-order valence-corrected chi connectivity index (χ4v) is 4.43. The van der Waals surface area contributed by atoms with E-state index < -0.39 is 9.84 Å². The average molecular weight is 430 g/mol. The van der Waals surface area contributed by atoms with Crippen molar-refractivity contribution in [3.05, 3.63) is 65.2 Å². The van der Waals surface area contributed by atoms with Crippen molar-refractivity contribution in [3.8, 4) is 5.75 Å². The molecule has 1 heterocycles. The van der Waals surface area contributed by atoms with Crippen molar-refractivity contribution in [1.29, 1.82) is 0 Å². The molecule has 0 aliphatic carbocycles. The molecule has 2 aromatic carbocycles. The summed E-state index contributed by atoms with van der Waals surface area (Å²) in [6.07, 6.45) is 2.07. The van der Waals surface area contributed by atoms with Crippen LogP contribution in [0.5, 0.6) is 5.75 Å². The number of ether oxygens (including phenoxy) is 1. The fourth-order valence-electron chi connectivity index (χ4n) is 3.63. The van der Waals surface area contributed by atoms with Gasteiger partial charge >= 0.3 is 0 Å². The van der Waals surface area contributed by atoms with Crippen LogP contribution in [-0.4, -0.2) is 32.8 Å². The van der Waals surface area contributed by atoms with E-state index in [9.17, 15) is 8.42 Å². The highest BCUT2D eigenvalue weighted by Gasteiger charge is 2.33. The third-order valence-corrected chi connectivity index (χ3v) is 5.76. The zero-order chi connectivity index (χ0) is 21.8. The van der Waals surface area contributed by atoms with Crippen LogP contribution in [0.1, 0.15) is 49.9 Å². The molecule has 30 heavy (non-hydrogen) atoms. The van der Waals surface area contributed by atoms with Gasteiger partial charge in [0.25, 0.3) is 0 Å². The molecule has 3 rings (SSSR count). The van der Waals surface area contributed by atoms with Crippen LogP contribution < -0.4 is 15.4 Å². The lowest BCUT2D eigenvalue weighted by Gasteiger charge is -2.38. The summed E-state index contributed by atoms with van der Waals surface area (Å²) in [5.74, 6) is 1.71. The van der Waals surface area contributed by atoms with Gasteiger partial charge in [0.05, 0.1) is 18.3 Å². The van der Waals surface area contributed by atoms with Gasteiger partial charge in [0.2, 0.25) is 0 Å². The molecule has 1 atom stereocenters. The number of aliphatic imine (C=N–C) groups is 1. The van der Waals surface area contributed by atoms with Gasteiger partial charge in [0.15, 0.2) is 15.8 Å². The van der Waals surface area contributed by atoms with Crippen molar-refractivity contribution in [1.82, 2.24) is 10.6 Å². The molecular formula is C23H31N3O3S. The predicted octanol–water partition coefficient (Wildman–Crippen LogP) is 3.59. The van der Waals surface area contributed by atoms with Crippen molar-refractivity contribution >= 4 is 15.8 Å². The van der Waals surface area contributed by atoms with Crippen molar-refractivity contribution in [3.63, 3.8) is 0 Å². The molecular weight excluding hydrogens is 398 g/mol. The Morgan fingerprint density at radius 3 is 2.47 bits per heavy atom. The monoisotopic (exact) mass is 429 g/mol. The Kier molecular flexibility index (Phi) is 6.71. The minimum atomic E-state index is -3.03. The highest BCUT2D eigenvalue weighted by molar-refractivity contribution is 7.89. The number of fused-ring (bicyclic) bond motifs is 1. The maximum absolute atomic E-state index is 11.4. The Labute approximate surface area is 179 Å². The van der Waals surface area contributed by atoms with Gasteiger partial charge in [0.1, 0.15) is 11.4 Å². The van der Waals surface area contributed by atoms with Gasteiger partial charge in [-0.05, 0) is 38.0 Å². The Morgan fingerprint density at radius 2 is 1.80 bits per heavy atom. The number of nitrogens with zero attached hydrogens (tertiary/aromatic N) is 1. The van der Waals surface area contributed by atoms with Crippen molar-refractivity contribution in [2.24, 2.45) is 4.99 Å². The number of para-hydroxylation sites is 1. The molecule has 0 radical (unpaired) electrons. The summed E-state index contributed by atoms with van der Waals surface area (Å²) in [5.41, 5.74) is 2.68. The molecule has 0 spiro atoms. The van der Waals surface area contributed by atoms with Crippen molar-refractivity contribution < 1.29 is 13.2 Å². The van der Waals surface area contributed by atoms with Crippen molar-refractivity contribution in [2.75, 3.05) is 12.8 Å². The maximum atomic E-state index is 11.4. The number of nitrogens with one attached hydrogen (secondary N) is 2. The first-order chi connectivity index (χ1) is 14.1. The lowest BCUT2D eigenvalue weighted by atomic mass is 9.90. The zero-order valence-corrected chi connectivity index (χ0v) is 18.9. The van der Waals surface area contributed by atoms with Gasteiger partial charge in [-0.1, -0.05) is 42.5 Å². The van der Waals surface area contributed by atoms with E-state index in [0.29, 0.717) is 6.54 Å². The number of rotatable bonds is 6. The van der Waals surface area contributed by atoms with E-state index in [1.54, 1.807) is 0 Å². The van der Waals surface area contributed by atoms with Crippen LogP contribution in [0, 0.1) is 0 Å². The summed E-state index contributed by atoms with van der Waals surface area (Å²) >= 11 is 0. The summed E-state index contributed by atoms with van der Waals surface area (Å²) in [6, 6.07) is 15.8. The van der Waals surface area contributed by atoms with Crippen LogP contribution in [-0.2, 0) is 22.1 Å². The first-order valence-corrected chi connectivity index (χ1v) is 12.3. The number of sulfone groups is 1. The first kappa shape index (κ1) is 22.2. The smallest absolute Gasteiger partial charge is 0.192 e. The molecule has 2 aromatic rings. The first-order valence-electron chi connectivity index (χ1n) is 10.2. The predicted molar refractivity (Wildman–Crippen MR) is 121 cm³/mol. The lowest BCUT2D eigenvalue weighted by molar-refractivity contribution is 0.0694. The molecule has 1 aliphatic rings.